The Morgan fingerprint density at radius 1 is 0.935 bits per heavy atom. The number of carbonyl (C=O) groups is 1. The summed E-state index contributed by atoms with van der Waals surface area (Å²) in [6, 6.07) is 16.7. The van der Waals surface area contributed by atoms with Crippen LogP contribution >= 0.6 is 0 Å². The van der Waals surface area contributed by atoms with E-state index in [1.54, 1.807) is 0 Å². The second-order valence-corrected chi connectivity index (χ2v) is 6.97. The van der Waals surface area contributed by atoms with Gasteiger partial charge in [-0.1, -0.05) is 30.3 Å². The van der Waals surface area contributed by atoms with Crippen LogP contribution in [0.1, 0.15) is 15.9 Å². The Hall–Kier alpha value is -4.07. The van der Waals surface area contributed by atoms with Crippen molar-refractivity contribution in [2.75, 3.05) is 5.32 Å². The Labute approximate surface area is 174 Å². The third-order valence-corrected chi connectivity index (χ3v) is 4.89. The van der Waals surface area contributed by atoms with Gasteiger partial charge in [0.15, 0.2) is 11.6 Å². The third-order valence-electron chi connectivity index (χ3n) is 4.89. The van der Waals surface area contributed by atoms with E-state index in [4.69, 9.17) is 0 Å². The smallest absolute Gasteiger partial charge is 0.322 e. The molecule has 0 aliphatic rings. The number of aryl methyl sites for hydroxylation is 1. The van der Waals surface area contributed by atoms with Gasteiger partial charge in [0, 0.05) is 23.9 Å². The number of amides is 1. The Balaban J connectivity index is 1.60. The van der Waals surface area contributed by atoms with Gasteiger partial charge < -0.3 is 10.3 Å². The number of hydrogen-bond donors (Lipinski definition) is 2. The summed E-state index contributed by atoms with van der Waals surface area (Å²) in [5.41, 5.74) is 0.402. The summed E-state index contributed by atoms with van der Waals surface area (Å²) in [6.07, 6.45) is 0.518. The normalized spacial score (nSPS) is 10.9. The van der Waals surface area contributed by atoms with Gasteiger partial charge in [0.25, 0.3) is 11.5 Å². The second kappa shape index (κ2) is 8.35. The largest absolute Gasteiger partial charge is 0.328 e. The first-order valence-corrected chi connectivity index (χ1v) is 9.49. The van der Waals surface area contributed by atoms with Crippen LogP contribution in [0.25, 0.3) is 10.9 Å². The van der Waals surface area contributed by atoms with Gasteiger partial charge in [-0.3, -0.25) is 14.2 Å². The summed E-state index contributed by atoms with van der Waals surface area (Å²) >= 11 is 0. The van der Waals surface area contributed by atoms with E-state index in [1.807, 2.05) is 30.3 Å². The van der Waals surface area contributed by atoms with Gasteiger partial charge in [-0.15, -0.1) is 0 Å². The number of aromatic amines is 1. The van der Waals surface area contributed by atoms with E-state index >= 15 is 0 Å². The topological polar surface area (TPSA) is 84.0 Å². The maximum Gasteiger partial charge on any atom is 0.328 e. The van der Waals surface area contributed by atoms with Crippen molar-refractivity contribution in [3.63, 3.8) is 0 Å². The first-order valence-electron chi connectivity index (χ1n) is 9.49. The molecule has 0 aliphatic carbocycles. The summed E-state index contributed by atoms with van der Waals surface area (Å²) < 4.78 is 27.5. The predicted molar refractivity (Wildman–Crippen MR) is 113 cm³/mol. The van der Waals surface area contributed by atoms with E-state index in [1.165, 1.54) is 24.3 Å². The number of anilines is 1. The predicted octanol–water partition coefficient (Wildman–Crippen LogP) is 3.46. The fourth-order valence-corrected chi connectivity index (χ4v) is 3.26. The van der Waals surface area contributed by atoms with Gasteiger partial charge in [-0.05, 0) is 42.3 Å². The van der Waals surface area contributed by atoms with Crippen LogP contribution in [0, 0.1) is 11.6 Å². The maximum atomic E-state index is 13.3. The molecule has 6 nitrogen and oxygen atoms in total. The molecular weight excluding hydrogens is 404 g/mol. The first kappa shape index (κ1) is 20.2. The van der Waals surface area contributed by atoms with Crippen molar-refractivity contribution < 1.29 is 13.6 Å². The van der Waals surface area contributed by atoms with Crippen LogP contribution in [0.2, 0.25) is 0 Å². The van der Waals surface area contributed by atoms with Crippen molar-refractivity contribution in [3.05, 3.63) is 110 Å². The molecule has 0 radical (unpaired) electrons. The number of nitrogens with zero attached hydrogens (tertiary/aromatic N) is 1. The van der Waals surface area contributed by atoms with Gasteiger partial charge in [-0.2, -0.15) is 0 Å². The zero-order valence-corrected chi connectivity index (χ0v) is 16.2. The zero-order chi connectivity index (χ0) is 22.0. The molecule has 0 aliphatic heterocycles. The first-order chi connectivity index (χ1) is 14.9. The monoisotopic (exact) mass is 421 g/mol. The number of carbonyl (C=O) groups excluding carboxylic acids is 1. The van der Waals surface area contributed by atoms with E-state index in [0.717, 1.165) is 22.3 Å². The molecule has 2 N–H and O–H groups in total. The molecule has 1 amide bonds. The van der Waals surface area contributed by atoms with E-state index in [9.17, 15) is 23.2 Å². The van der Waals surface area contributed by atoms with Crippen LogP contribution in [-0.4, -0.2) is 15.5 Å². The number of rotatable bonds is 5. The van der Waals surface area contributed by atoms with E-state index in [2.05, 4.69) is 10.3 Å². The van der Waals surface area contributed by atoms with Gasteiger partial charge >= 0.3 is 5.69 Å². The van der Waals surface area contributed by atoms with Crippen LogP contribution in [0.15, 0.2) is 76.3 Å². The van der Waals surface area contributed by atoms with E-state index in [-0.39, 0.29) is 28.7 Å². The van der Waals surface area contributed by atoms with Gasteiger partial charge in [0.05, 0.1) is 10.9 Å². The zero-order valence-electron chi connectivity index (χ0n) is 16.2. The summed E-state index contributed by atoms with van der Waals surface area (Å²) in [7, 11) is 0. The number of hydrogen-bond acceptors (Lipinski definition) is 3. The fourth-order valence-electron chi connectivity index (χ4n) is 3.26. The molecule has 0 spiro atoms. The van der Waals surface area contributed by atoms with Crippen molar-refractivity contribution in [1.29, 1.82) is 0 Å². The lowest BCUT2D eigenvalue weighted by atomic mass is 10.1. The highest BCUT2D eigenvalue weighted by Gasteiger charge is 2.13. The van der Waals surface area contributed by atoms with Crippen molar-refractivity contribution in [3.8, 4) is 0 Å². The molecule has 4 aromatic rings. The van der Waals surface area contributed by atoms with Crippen molar-refractivity contribution in [2.24, 2.45) is 0 Å². The number of H-pyrrole nitrogens is 1. The highest BCUT2D eigenvalue weighted by molar-refractivity contribution is 6.06. The van der Waals surface area contributed by atoms with Crippen LogP contribution in [0.3, 0.4) is 0 Å². The molecule has 0 bridgehead atoms. The molecule has 0 saturated heterocycles. The quantitative estimate of drug-likeness (QED) is 0.518. The molecular formula is C23H17F2N3O3. The molecule has 0 atom stereocenters. The Bertz CT molecular complexity index is 1400. The van der Waals surface area contributed by atoms with Crippen LogP contribution in [-0.2, 0) is 13.0 Å². The minimum Gasteiger partial charge on any atom is -0.322 e. The lowest BCUT2D eigenvalue weighted by molar-refractivity contribution is 0.102. The minimum atomic E-state index is -1.09. The van der Waals surface area contributed by atoms with Crippen molar-refractivity contribution in [1.82, 2.24) is 9.55 Å². The number of fused-ring (bicyclic) bond motifs is 1. The van der Waals surface area contributed by atoms with E-state index in [0.29, 0.717) is 6.42 Å². The highest BCUT2D eigenvalue weighted by Crippen LogP contribution is 2.16. The van der Waals surface area contributed by atoms with Gasteiger partial charge in [-0.25, -0.2) is 13.6 Å². The third kappa shape index (κ3) is 4.28. The standard InChI is InChI=1S/C23H17F2N3O3/c24-18-9-7-16(13-19(18)25)26-21(29)15-6-8-17-20(12-15)27-23(31)28(22(17)30)11-10-14-4-2-1-3-5-14/h1-9,12-13H,10-11H2,(H,26,29)(H,27,31). The van der Waals surface area contributed by atoms with Gasteiger partial charge in [0.2, 0.25) is 0 Å². The summed E-state index contributed by atoms with van der Waals surface area (Å²) in [6.45, 7) is 0.215. The van der Waals surface area contributed by atoms with Gasteiger partial charge in [0.1, 0.15) is 0 Å². The number of nitrogens with one attached hydrogen (secondary N) is 2. The van der Waals surface area contributed by atoms with Crippen LogP contribution in [0.4, 0.5) is 14.5 Å². The molecule has 31 heavy (non-hydrogen) atoms. The van der Waals surface area contributed by atoms with E-state index < -0.39 is 28.8 Å². The molecule has 8 heteroatoms. The summed E-state index contributed by atoms with van der Waals surface area (Å²) in [4.78, 5) is 40.3. The highest BCUT2D eigenvalue weighted by atomic mass is 19.2. The fraction of sp³-hybridized carbons (Fsp3) is 0.0870. The molecule has 1 heterocycles. The lowest BCUT2D eigenvalue weighted by Crippen LogP contribution is -2.35. The average molecular weight is 421 g/mol. The lowest BCUT2D eigenvalue weighted by Gasteiger charge is -2.09. The molecule has 1 aromatic heterocycles. The number of aromatic nitrogens is 2. The molecule has 0 saturated carbocycles. The number of benzene rings is 3. The van der Waals surface area contributed by atoms with Crippen molar-refractivity contribution >= 4 is 22.5 Å². The number of halogens is 2. The average Bonchev–Trinajstić information content (AvgIpc) is 2.76. The second-order valence-electron chi connectivity index (χ2n) is 6.97. The molecule has 0 unspecified atom stereocenters. The maximum absolute atomic E-state index is 13.3. The molecule has 156 valence electrons. The van der Waals surface area contributed by atoms with Crippen LogP contribution in [0.5, 0.6) is 0 Å². The van der Waals surface area contributed by atoms with Crippen LogP contribution < -0.4 is 16.6 Å². The molecule has 3 aromatic carbocycles. The molecule has 0 fully saturated rings. The summed E-state index contributed by atoms with van der Waals surface area (Å²) in [5, 5.41) is 2.71. The minimum absolute atomic E-state index is 0.0776. The Kier molecular flexibility index (Phi) is 5.44. The Morgan fingerprint density at radius 3 is 2.45 bits per heavy atom. The Morgan fingerprint density at radius 2 is 1.71 bits per heavy atom. The molecule has 4 rings (SSSR count). The summed E-state index contributed by atoms with van der Waals surface area (Å²) in [5.74, 6) is -2.71. The SMILES string of the molecule is O=C(Nc1ccc(F)c(F)c1)c1ccc2c(=O)n(CCc3ccccc3)c(=O)[nH]c2c1. The van der Waals surface area contributed by atoms with Crippen molar-refractivity contribution in [2.45, 2.75) is 13.0 Å².